The molecule has 1 aromatic heterocycles. The second kappa shape index (κ2) is 5.39. The van der Waals surface area contributed by atoms with Crippen molar-refractivity contribution in [2.24, 2.45) is 0 Å². The van der Waals surface area contributed by atoms with E-state index in [0.717, 1.165) is 5.56 Å². The van der Waals surface area contributed by atoms with Crippen LogP contribution in [0.1, 0.15) is 12.0 Å². The van der Waals surface area contributed by atoms with Gasteiger partial charge in [-0.3, -0.25) is 24.7 Å². The fraction of sp³-hybridized carbons (Fsp3) is 0.333. The molecule has 3 amide bonds. The molecule has 0 saturated carbocycles. The summed E-state index contributed by atoms with van der Waals surface area (Å²) in [6.07, 6.45) is 4.19. The first-order valence-corrected chi connectivity index (χ1v) is 5.64. The molecule has 1 saturated heterocycles. The Morgan fingerprint density at radius 1 is 1.22 bits per heavy atom. The van der Waals surface area contributed by atoms with Crippen molar-refractivity contribution in [3.8, 4) is 0 Å². The van der Waals surface area contributed by atoms with Gasteiger partial charge in [-0.05, 0) is 24.1 Å². The first-order valence-electron chi connectivity index (χ1n) is 5.64. The molecular weight excluding hydrogens is 234 g/mol. The molecule has 0 atom stereocenters. The van der Waals surface area contributed by atoms with Gasteiger partial charge in [-0.25, -0.2) is 0 Å². The lowest BCUT2D eigenvalue weighted by Crippen LogP contribution is -2.53. The van der Waals surface area contributed by atoms with Crippen LogP contribution in [0, 0.1) is 0 Å². The molecule has 1 fully saturated rings. The van der Waals surface area contributed by atoms with Crippen molar-refractivity contribution >= 4 is 17.7 Å². The molecule has 6 heteroatoms. The number of amides is 3. The Morgan fingerprint density at radius 3 is 2.44 bits per heavy atom. The largest absolute Gasteiger partial charge is 0.324 e. The van der Waals surface area contributed by atoms with Gasteiger partial charge < -0.3 is 4.90 Å². The lowest BCUT2D eigenvalue weighted by Gasteiger charge is -2.25. The van der Waals surface area contributed by atoms with Gasteiger partial charge in [0, 0.05) is 18.8 Å². The zero-order valence-corrected chi connectivity index (χ0v) is 9.76. The van der Waals surface area contributed by atoms with Crippen molar-refractivity contribution in [3.63, 3.8) is 0 Å². The standard InChI is InChI=1S/C12H13N3O3/c16-10-7-15(8-11(17)14-10)12(18)2-1-9-3-5-13-6-4-9/h3-6H,1-2,7-8H2,(H,14,16,17). The monoisotopic (exact) mass is 247 g/mol. The lowest BCUT2D eigenvalue weighted by atomic mass is 10.1. The molecule has 0 unspecified atom stereocenters. The molecule has 0 radical (unpaired) electrons. The molecule has 2 rings (SSSR count). The zero-order chi connectivity index (χ0) is 13.0. The first kappa shape index (κ1) is 12.2. The van der Waals surface area contributed by atoms with Gasteiger partial charge in [0.15, 0.2) is 0 Å². The van der Waals surface area contributed by atoms with Gasteiger partial charge in [-0.15, -0.1) is 0 Å². The third kappa shape index (κ3) is 3.13. The number of hydrogen-bond donors (Lipinski definition) is 1. The van der Waals surface area contributed by atoms with Gasteiger partial charge in [0.25, 0.3) is 0 Å². The fourth-order valence-corrected chi connectivity index (χ4v) is 1.77. The summed E-state index contributed by atoms with van der Waals surface area (Å²) in [5, 5.41) is 2.16. The summed E-state index contributed by atoms with van der Waals surface area (Å²) in [7, 11) is 0. The van der Waals surface area contributed by atoms with Crippen molar-refractivity contribution in [2.45, 2.75) is 12.8 Å². The van der Waals surface area contributed by atoms with Crippen LogP contribution in [-0.4, -0.2) is 40.7 Å². The van der Waals surface area contributed by atoms with E-state index in [1.165, 1.54) is 4.90 Å². The minimum Gasteiger partial charge on any atom is -0.324 e. The predicted molar refractivity (Wildman–Crippen MR) is 62.3 cm³/mol. The molecule has 6 nitrogen and oxygen atoms in total. The SMILES string of the molecule is O=C1CN(C(=O)CCc2ccncc2)CC(=O)N1. The van der Waals surface area contributed by atoms with E-state index < -0.39 is 11.8 Å². The fourth-order valence-electron chi connectivity index (χ4n) is 1.77. The highest BCUT2D eigenvalue weighted by molar-refractivity contribution is 6.02. The first-order chi connectivity index (χ1) is 8.65. The molecular formula is C12H13N3O3. The highest BCUT2D eigenvalue weighted by Gasteiger charge is 2.25. The van der Waals surface area contributed by atoms with Crippen LogP contribution in [0.5, 0.6) is 0 Å². The number of imide groups is 1. The smallest absolute Gasteiger partial charge is 0.246 e. The summed E-state index contributed by atoms with van der Waals surface area (Å²) in [6, 6.07) is 3.67. The molecule has 1 N–H and O–H groups in total. The Balaban J connectivity index is 1.88. The van der Waals surface area contributed by atoms with Crippen LogP contribution < -0.4 is 5.32 Å². The van der Waals surface area contributed by atoms with E-state index >= 15 is 0 Å². The number of carbonyl (C=O) groups excluding carboxylic acids is 3. The zero-order valence-electron chi connectivity index (χ0n) is 9.76. The minimum absolute atomic E-state index is 0.0408. The van der Waals surface area contributed by atoms with Crippen molar-refractivity contribution < 1.29 is 14.4 Å². The Kier molecular flexibility index (Phi) is 3.66. The third-order valence-corrected chi connectivity index (χ3v) is 2.68. The summed E-state index contributed by atoms with van der Waals surface area (Å²) < 4.78 is 0. The molecule has 0 aromatic carbocycles. The van der Waals surface area contributed by atoms with Crippen molar-refractivity contribution in [1.29, 1.82) is 0 Å². The molecule has 0 spiro atoms. The van der Waals surface area contributed by atoms with Crippen LogP contribution in [-0.2, 0) is 20.8 Å². The number of aryl methyl sites for hydroxylation is 1. The maximum Gasteiger partial charge on any atom is 0.246 e. The summed E-state index contributed by atoms with van der Waals surface area (Å²) in [6.45, 7) is -0.0815. The Labute approximate surface area is 104 Å². The molecule has 1 aromatic rings. The lowest BCUT2D eigenvalue weighted by molar-refractivity contribution is -0.145. The molecule has 1 aliphatic heterocycles. The Hall–Kier alpha value is -2.24. The van der Waals surface area contributed by atoms with Crippen LogP contribution in [0.4, 0.5) is 0 Å². The van der Waals surface area contributed by atoms with Crippen molar-refractivity contribution in [3.05, 3.63) is 30.1 Å². The van der Waals surface area contributed by atoms with E-state index in [4.69, 9.17) is 0 Å². The second-order valence-electron chi connectivity index (χ2n) is 4.08. The molecule has 0 aliphatic carbocycles. The topological polar surface area (TPSA) is 79.4 Å². The summed E-state index contributed by atoms with van der Waals surface area (Å²) in [4.78, 5) is 39.3. The highest BCUT2D eigenvalue weighted by Crippen LogP contribution is 2.05. The van der Waals surface area contributed by atoms with Gasteiger partial charge in [0.1, 0.15) is 13.1 Å². The Bertz CT molecular complexity index is 457. The van der Waals surface area contributed by atoms with Crippen LogP contribution in [0.15, 0.2) is 24.5 Å². The van der Waals surface area contributed by atoms with E-state index in [1.54, 1.807) is 12.4 Å². The second-order valence-corrected chi connectivity index (χ2v) is 4.08. The average molecular weight is 247 g/mol. The summed E-state index contributed by atoms with van der Waals surface area (Å²) in [5.41, 5.74) is 1.01. The summed E-state index contributed by atoms with van der Waals surface area (Å²) >= 11 is 0. The number of nitrogens with zero attached hydrogens (tertiary/aromatic N) is 2. The normalized spacial score (nSPS) is 15.4. The average Bonchev–Trinajstić information content (AvgIpc) is 2.36. The maximum absolute atomic E-state index is 11.8. The predicted octanol–water partition coefficient (Wildman–Crippen LogP) is -0.501. The van der Waals surface area contributed by atoms with Gasteiger partial charge in [0.2, 0.25) is 17.7 Å². The number of rotatable bonds is 3. The van der Waals surface area contributed by atoms with Crippen LogP contribution in [0.2, 0.25) is 0 Å². The Morgan fingerprint density at radius 2 is 1.83 bits per heavy atom. The van der Waals surface area contributed by atoms with Gasteiger partial charge in [-0.2, -0.15) is 0 Å². The van der Waals surface area contributed by atoms with E-state index in [9.17, 15) is 14.4 Å². The molecule has 94 valence electrons. The number of aromatic nitrogens is 1. The van der Waals surface area contributed by atoms with Crippen LogP contribution >= 0.6 is 0 Å². The number of carbonyl (C=O) groups is 3. The number of nitrogens with one attached hydrogen (secondary N) is 1. The van der Waals surface area contributed by atoms with E-state index in [1.807, 2.05) is 12.1 Å². The quantitative estimate of drug-likeness (QED) is 0.730. The van der Waals surface area contributed by atoms with Gasteiger partial charge in [-0.1, -0.05) is 0 Å². The third-order valence-electron chi connectivity index (χ3n) is 2.68. The number of pyridine rings is 1. The van der Waals surface area contributed by atoms with E-state index in [-0.39, 0.29) is 25.4 Å². The van der Waals surface area contributed by atoms with Gasteiger partial charge in [0.05, 0.1) is 0 Å². The minimum atomic E-state index is -0.427. The molecule has 1 aliphatic rings. The van der Waals surface area contributed by atoms with E-state index in [2.05, 4.69) is 10.3 Å². The van der Waals surface area contributed by atoms with Gasteiger partial charge >= 0.3 is 0 Å². The molecule has 2 heterocycles. The van der Waals surface area contributed by atoms with Crippen molar-refractivity contribution in [1.82, 2.24) is 15.2 Å². The maximum atomic E-state index is 11.8. The van der Waals surface area contributed by atoms with E-state index in [0.29, 0.717) is 6.42 Å². The van der Waals surface area contributed by atoms with Crippen molar-refractivity contribution in [2.75, 3.05) is 13.1 Å². The molecule has 0 bridgehead atoms. The van der Waals surface area contributed by atoms with Crippen LogP contribution in [0.3, 0.4) is 0 Å². The summed E-state index contributed by atoms with van der Waals surface area (Å²) in [5.74, 6) is -1.04. The van der Waals surface area contributed by atoms with Crippen LogP contribution in [0.25, 0.3) is 0 Å². The number of hydrogen-bond acceptors (Lipinski definition) is 4. The highest BCUT2D eigenvalue weighted by atomic mass is 16.2. The molecule has 18 heavy (non-hydrogen) atoms. The number of piperazine rings is 1.